The number of amides is 3. The maximum absolute atomic E-state index is 12.0. The molecule has 0 spiro atoms. The number of likely N-dealkylation sites (N-methyl/N-ethyl adjacent to an activating group) is 1. The number of carbonyl (C=O) groups is 3. The predicted octanol–water partition coefficient (Wildman–Crippen LogP) is -0.184. The highest BCUT2D eigenvalue weighted by Gasteiger charge is 2.28. The van der Waals surface area contributed by atoms with Gasteiger partial charge in [0.1, 0.15) is 13.1 Å². The molecule has 7 heteroatoms. The van der Waals surface area contributed by atoms with Crippen LogP contribution in [0.1, 0.15) is 5.56 Å². The van der Waals surface area contributed by atoms with Gasteiger partial charge < -0.3 is 20.9 Å². The minimum Gasteiger partial charge on any atom is -0.397 e. The van der Waals surface area contributed by atoms with Gasteiger partial charge in [0.25, 0.3) is 0 Å². The molecule has 1 heterocycles. The number of anilines is 2. The molecule has 0 aromatic heterocycles. The molecule has 0 radical (unpaired) electrons. The molecule has 3 N–H and O–H groups in total. The summed E-state index contributed by atoms with van der Waals surface area (Å²) in [4.78, 5) is 38.0. The van der Waals surface area contributed by atoms with E-state index in [2.05, 4.69) is 5.32 Å². The Kier molecular flexibility index (Phi) is 4.11. The number of hydrogen-bond donors (Lipinski definition) is 2. The molecule has 0 bridgehead atoms. The fourth-order valence-electron chi connectivity index (χ4n) is 2.12. The van der Waals surface area contributed by atoms with Crippen molar-refractivity contribution in [2.75, 3.05) is 37.7 Å². The van der Waals surface area contributed by atoms with Crippen molar-refractivity contribution in [1.29, 1.82) is 0 Å². The fraction of sp³-hybridized carbons (Fsp3) is 0.357. The van der Waals surface area contributed by atoms with E-state index < -0.39 is 0 Å². The van der Waals surface area contributed by atoms with Crippen molar-refractivity contribution >= 4 is 29.1 Å². The molecular formula is C14H18N4O3. The number of nitrogen functional groups attached to an aromatic ring is 1. The summed E-state index contributed by atoms with van der Waals surface area (Å²) in [5, 5.41) is 2.69. The molecule has 1 aliphatic heterocycles. The number of nitrogens with one attached hydrogen (secondary N) is 1. The third-order valence-electron chi connectivity index (χ3n) is 3.38. The van der Waals surface area contributed by atoms with E-state index in [0.717, 1.165) is 5.56 Å². The third kappa shape index (κ3) is 3.31. The Balaban J connectivity index is 2.02. The van der Waals surface area contributed by atoms with Crippen LogP contribution in [0.25, 0.3) is 0 Å². The van der Waals surface area contributed by atoms with Crippen LogP contribution in [-0.2, 0) is 14.4 Å². The van der Waals surface area contributed by atoms with Crippen LogP contribution in [0.3, 0.4) is 0 Å². The Bertz CT molecular complexity index is 580. The first-order valence-corrected chi connectivity index (χ1v) is 6.55. The number of nitrogens with two attached hydrogens (primary N) is 1. The monoisotopic (exact) mass is 290 g/mol. The van der Waals surface area contributed by atoms with E-state index in [4.69, 9.17) is 5.73 Å². The number of para-hydroxylation sites is 1. The summed E-state index contributed by atoms with van der Waals surface area (Å²) in [6.45, 7) is 1.59. The first-order chi connectivity index (χ1) is 9.88. The van der Waals surface area contributed by atoms with E-state index in [1.165, 1.54) is 9.80 Å². The van der Waals surface area contributed by atoms with Crippen LogP contribution in [0.4, 0.5) is 11.4 Å². The second-order valence-corrected chi connectivity index (χ2v) is 5.09. The largest absolute Gasteiger partial charge is 0.397 e. The molecule has 3 amide bonds. The molecule has 0 aliphatic carbocycles. The van der Waals surface area contributed by atoms with Gasteiger partial charge in [-0.2, -0.15) is 0 Å². The molecule has 21 heavy (non-hydrogen) atoms. The number of hydrogen-bond acceptors (Lipinski definition) is 4. The van der Waals surface area contributed by atoms with Crippen molar-refractivity contribution in [3.63, 3.8) is 0 Å². The van der Waals surface area contributed by atoms with E-state index in [1.807, 2.05) is 13.0 Å². The molecule has 1 aliphatic rings. The van der Waals surface area contributed by atoms with E-state index in [9.17, 15) is 14.4 Å². The van der Waals surface area contributed by atoms with E-state index in [-0.39, 0.29) is 37.4 Å². The number of carbonyl (C=O) groups excluding carboxylic acids is 3. The van der Waals surface area contributed by atoms with Crippen LogP contribution in [0.5, 0.6) is 0 Å². The zero-order chi connectivity index (χ0) is 15.6. The van der Waals surface area contributed by atoms with Gasteiger partial charge in [-0.3, -0.25) is 14.4 Å². The molecule has 112 valence electrons. The van der Waals surface area contributed by atoms with Crippen molar-refractivity contribution in [3.05, 3.63) is 23.8 Å². The molecule has 1 saturated heterocycles. The van der Waals surface area contributed by atoms with Crippen LogP contribution >= 0.6 is 0 Å². The van der Waals surface area contributed by atoms with Crippen LogP contribution < -0.4 is 11.1 Å². The van der Waals surface area contributed by atoms with Gasteiger partial charge in [-0.1, -0.05) is 12.1 Å². The Hall–Kier alpha value is -2.57. The minimum absolute atomic E-state index is 0.00137. The second-order valence-electron chi connectivity index (χ2n) is 5.09. The van der Waals surface area contributed by atoms with Crippen molar-refractivity contribution in [2.24, 2.45) is 0 Å². The Labute approximate surface area is 122 Å². The summed E-state index contributed by atoms with van der Waals surface area (Å²) < 4.78 is 0. The average molecular weight is 290 g/mol. The summed E-state index contributed by atoms with van der Waals surface area (Å²) in [6, 6.07) is 5.31. The van der Waals surface area contributed by atoms with Crippen molar-refractivity contribution in [3.8, 4) is 0 Å². The lowest BCUT2D eigenvalue weighted by Gasteiger charge is -2.31. The van der Waals surface area contributed by atoms with Gasteiger partial charge in [0.2, 0.25) is 17.7 Å². The zero-order valence-corrected chi connectivity index (χ0v) is 12.0. The highest BCUT2D eigenvalue weighted by Crippen LogP contribution is 2.22. The lowest BCUT2D eigenvalue weighted by atomic mass is 10.1. The van der Waals surface area contributed by atoms with Gasteiger partial charge in [0, 0.05) is 7.05 Å². The normalized spacial score (nSPS) is 15.3. The van der Waals surface area contributed by atoms with Gasteiger partial charge in [-0.15, -0.1) is 0 Å². The number of benzene rings is 1. The highest BCUT2D eigenvalue weighted by molar-refractivity contribution is 6.00. The summed E-state index contributed by atoms with van der Waals surface area (Å²) in [7, 11) is 1.56. The summed E-state index contributed by atoms with van der Waals surface area (Å²) in [6.07, 6.45) is 0. The first kappa shape index (κ1) is 14.8. The topological polar surface area (TPSA) is 95.7 Å². The molecule has 0 saturated carbocycles. The van der Waals surface area contributed by atoms with Crippen LogP contribution in [0.2, 0.25) is 0 Å². The average Bonchev–Trinajstić information content (AvgIpc) is 2.40. The molecule has 7 nitrogen and oxygen atoms in total. The van der Waals surface area contributed by atoms with Gasteiger partial charge >= 0.3 is 0 Å². The van der Waals surface area contributed by atoms with E-state index in [1.54, 1.807) is 19.2 Å². The van der Waals surface area contributed by atoms with Gasteiger partial charge in [-0.25, -0.2) is 0 Å². The van der Waals surface area contributed by atoms with E-state index in [0.29, 0.717) is 11.4 Å². The van der Waals surface area contributed by atoms with Crippen molar-refractivity contribution < 1.29 is 14.4 Å². The molecule has 2 rings (SSSR count). The molecule has 1 fully saturated rings. The lowest BCUT2D eigenvalue weighted by Crippen LogP contribution is -2.54. The summed E-state index contributed by atoms with van der Waals surface area (Å²) in [5.41, 5.74) is 7.65. The number of piperazine rings is 1. The molecular weight excluding hydrogens is 272 g/mol. The number of rotatable bonds is 3. The third-order valence-corrected chi connectivity index (χ3v) is 3.38. The lowest BCUT2D eigenvalue weighted by molar-refractivity contribution is -0.149. The standard InChI is InChI=1S/C14H18N4O3/c1-9-4-3-5-10(15)14(9)16-11(19)6-18-8-12(20)17(2)7-13(18)21/h3-5H,6-8,15H2,1-2H3,(H,16,19). The summed E-state index contributed by atoms with van der Waals surface area (Å²) in [5.74, 6) is -0.801. The van der Waals surface area contributed by atoms with Crippen LogP contribution in [-0.4, -0.2) is 54.2 Å². The van der Waals surface area contributed by atoms with Crippen LogP contribution in [0.15, 0.2) is 18.2 Å². The molecule has 0 unspecified atom stereocenters. The summed E-state index contributed by atoms with van der Waals surface area (Å²) >= 11 is 0. The first-order valence-electron chi connectivity index (χ1n) is 6.55. The van der Waals surface area contributed by atoms with Gasteiger partial charge in [0.05, 0.1) is 17.9 Å². The number of nitrogens with zero attached hydrogens (tertiary/aromatic N) is 2. The van der Waals surface area contributed by atoms with Crippen molar-refractivity contribution in [1.82, 2.24) is 9.80 Å². The number of aryl methyl sites for hydroxylation is 1. The van der Waals surface area contributed by atoms with Gasteiger partial charge in [0.15, 0.2) is 0 Å². The maximum Gasteiger partial charge on any atom is 0.244 e. The zero-order valence-electron chi connectivity index (χ0n) is 12.0. The molecule has 1 aromatic rings. The molecule has 1 aromatic carbocycles. The smallest absolute Gasteiger partial charge is 0.244 e. The fourth-order valence-corrected chi connectivity index (χ4v) is 2.12. The minimum atomic E-state index is -0.373. The van der Waals surface area contributed by atoms with Crippen LogP contribution in [0, 0.1) is 6.92 Å². The SMILES string of the molecule is Cc1cccc(N)c1NC(=O)CN1CC(=O)N(C)CC1=O. The second kappa shape index (κ2) is 5.82. The Morgan fingerprint density at radius 1 is 1.29 bits per heavy atom. The maximum atomic E-state index is 12.0. The highest BCUT2D eigenvalue weighted by atomic mass is 16.2. The predicted molar refractivity (Wildman–Crippen MR) is 78.4 cm³/mol. The Morgan fingerprint density at radius 2 is 2.00 bits per heavy atom. The van der Waals surface area contributed by atoms with Gasteiger partial charge in [-0.05, 0) is 18.6 Å². The Morgan fingerprint density at radius 3 is 2.67 bits per heavy atom. The quantitative estimate of drug-likeness (QED) is 0.755. The molecule has 0 atom stereocenters. The van der Waals surface area contributed by atoms with E-state index >= 15 is 0 Å². The van der Waals surface area contributed by atoms with Crippen molar-refractivity contribution in [2.45, 2.75) is 6.92 Å².